The van der Waals surface area contributed by atoms with Gasteiger partial charge >= 0.3 is 24.1 Å². The second kappa shape index (κ2) is 25.5. The normalized spacial score (nSPS) is 37.8. The summed E-state index contributed by atoms with van der Waals surface area (Å²) >= 11 is 0. The van der Waals surface area contributed by atoms with Crippen LogP contribution in [0.4, 0.5) is 4.79 Å². The van der Waals surface area contributed by atoms with E-state index in [4.69, 9.17) is 42.6 Å². The molecule has 18 atom stereocenters. The molecule has 0 bridgehead atoms. The molecule has 1 aromatic carbocycles. The van der Waals surface area contributed by atoms with Crippen molar-refractivity contribution >= 4 is 35.0 Å². The molecule has 79 heavy (non-hydrogen) atoms. The van der Waals surface area contributed by atoms with E-state index >= 15 is 0 Å². The Hall–Kier alpha value is -4.29. The van der Waals surface area contributed by atoms with Crippen LogP contribution in [0.25, 0.3) is 10.9 Å². The lowest BCUT2D eigenvalue weighted by Crippen LogP contribution is -2.61. The smallest absolute Gasteiger partial charge is 0.477 e. The Balaban J connectivity index is 1.07. The van der Waals surface area contributed by atoms with Crippen LogP contribution < -0.4 is 10.7 Å². The lowest BCUT2D eigenvalue weighted by molar-refractivity contribution is -0.318. The number of fused-ring (bicyclic) bond motifs is 1. The predicted octanol–water partition coefficient (Wildman–Crippen LogP) is 5.21. The number of hydrogen-bond donors (Lipinski definition) is 4. The fraction of sp³-hybridized carbons (Fsp3) is 0.776. The van der Waals surface area contributed by atoms with Gasteiger partial charge in [-0.05, 0) is 144 Å². The van der Waals surface area contributed by atoms with Crippen LogP contribution in [0.3, 0.4) is 0 Å². The number of aromatic carboxylic acids is 1. The summed E-state index contributed by atoms with van der Waals surface area (Å²) in [7, 11) is 7.18. The van der Waals surface area contributed by atoms with Crippen LogP contribution in [0.15, 0.2) is 23.1 Å². The van der Waals surface area contributed by atoms with Gasteiger partial charge in [-0.15, -0.1) is 0 Å². The summed E-state index contributed by atoms with van der Waals surface area (Å²) in [6, 6.07) is 3.19. The number of rotatable bonds is 16. The van der Waals surface area contributed by atoms with Gasteiger partial charge in [0.05, 0.1) is 47.9 Å². The second-order valence-electron chi connectivity index (χ2n) is 24.3. The largest absolute Gasteiger partial charge is 0.509 e. The number of methoxy groups -OCH3 is 1. The Morgan fingerprint density at radius 1 is 0.962 bits per heavy atom. The van der Waals surface area contributed by atoms with E-state index < -0.39 is 119 Å². The number of carbonyl (C=O) groups excluding carboxylic acids is 3. The van der Waals surface area contributed by atoms with Crippen LogP contribution in [0.2, 0.25) is 0 Å². The fourth-order valence-electron chi connectivity index (χ4n) is 13.3. The number of carboxylic acids is 1. The average molecular weight is 1120 g/mol. The Morgan fingerprint density at radius 3 is 2.35 bits per heavy atom. The highest BCUT2D eigenvalue weighted by Gasteiger charge is 2.58. The SMILES string of the molecule is CC[C@H]1OC(=O)[C@H](C)[C@@H](O[C@H]2C[C@@](C)(OC)[C@@H](OC(=O)CCNCCCc3cc4c5c(c3)c(=O)c(C(=O)O)cn5CCC4)[C@H](C)O2)[C@H](C)[C@@H](O[C@@H]2O[C@H](C)C[C@H](N(C)C)[C@H]2O)[C@](C)(O)C[C@@H](C)CN(C)[C@H](C)[C@@H]2OC(=O)O[C@]12C. The summed E-state index contributed by atoms with van der Waals surface area (Å²) in [4.78, 5) is 70.3. The number of carboxylic acid groups (broad SMARTS) is 1. The number of carbonyl (C=O) groups is 4. The van der Waals surface area contributed by atoms with Crippen molar-refractivity contribution in [1.82, 2.24) is 19.7 Å². The number of hydrogen-bond acceptors (Lipinski definition) is 19. The molecular weight excluding hydrogens is 1020 g/mol. The predicted molar refractivity (Wildman–Crippen MR) is 290 cm³/mol. The maximum absolute atomic E-state index is 14.8. The number of nitrogens with one attached hydrogen (secondary N) is 1. The maximum Gasteiger partial charge on any atom is 0.509 e. The van der Waals surface area contributed by atoms with E-state index in [0.29, 0.717) is 50.8 Å². The van der Waals surface area contributed by atoms with Gasteiger partial charge in [-0.3, -0.25) is 19.3 Å². The van der Waals surface area contributed by atoms with Crippen molar-refractivity contribution in [3.05, 3.63) is 45.2 Å². The van der Waals surface area contributed by atoms with Crippen molar-refractivity contribution in [3.63, 3.8) is 0 Å². The molecule has 4 saturated heterocycles. The number of aliphatic hydroxyl groups excluding tert-OH is 1. The van der Waals surface area contributed by atoms with Gasteiger partial charge in [0.2, 0.25) is 5.43 Å². The number of ether oxygens (including phenoxy) is 9. The highest BCUT2D eigenvalue weighted by atomic mass is 16.8. The summed E-state index contributed by atoms with van der Waals surface area (Å²) in [5.41, 5.74) is -2.05. The van der Waals surface area contributed by atoms with Crippen LogP contribution in [-0.4, -0.2) is 192 Å². The van der Waals surface area contributed by atoms with Crippen molar-refractivity contribution < 1.29 is 77.1 Å². The molecule has 5 aliphatic heterocycles. The van der Waals surface area contributed by atoms with Gasteiger partial charge in [-0.25, -0.2) is 9.59 Å². The zero-order valence-electron chi connectivity index (χ0n) is 49.0. The molecule has 4 fully saturated rings. The number of likely N-dealkylation sites (N-methyl/N-ethyl adjacent to an activating group) is 2. The van der Waals surface area contributed by atoms with Crippen LogP contribution >= 0.6 is 0 Å². The number of benzene rings is 1. The van der Waals surface area contributed by atoms with Crippen molar-refractivity contribution in [1.29, 1.82) is 0 Å². The van der Waals surface area contributed by atoms with Gasteiger partial charge < -0.3 is 72.7 Å². The quantitative estimate of drug-likeness (QED) is 0.0957. The third-order valence-electron chi connectivity index (χ3n) is 17.6. The Labute approximate surface area is 465 Å². The van der Waals surface area contributed by atoms with Gasteiger partial charge in [-0.1, -0.05) is 26.8 Å². The van der Waals surface area contributed by atoms with Gasteiger partial charge in [0.15, 0.2) is 30.4 Å². The molecule has 0 spiro atoms. The summed E-state index contributed by atoms with van der Waals surface area (Å²) in [6.07, 6.45) is -4.50. The molecule has 4 N–H and O–H groups in total. The number of aliphatic hydroxyl groups is 2. The number of aryl methyl sites for hydroxylation is 3. The van der Waals surface area contributed by atoms with Crippen molar-refractivity contribution in [2.75, 3.05) is 47.9 Å². The lowest BCUT2D eigenvalue weighted by atomic mass is 9.77. The molecule has 0 unspecified atom stereocenters. The molecule has 2 aromatic rings. The monoisotopic (exact) mass is 1110 g/mol. The Morgan fingerprint density at radius 2 is 1.68 bits per heavy atom. The highest BCUT2D eigenvalue weighted by Crippen LogP contribution is 2.43. The molecular formula is C58H90N4O17. The third kappa shape index (κ3) is 13.6. The second-order valence-corrected chi connectivity index (χ2v) is 24.3. The molecule has 444 valence electrons. The van der Waals surface area contributed by atoms with E-state index in [1.54, 1.807) is 33.8 Å². The Bertz CT molecular complexity index is 2540. The summed E-state index contributed by atoms with van der Waals surface area (Å²) in [6.45, 7) is 20.2. The molecule has 1 aromatic heterocycles. The van der Waals surface area contributed by atoms with Gasteiger partial charge in [0.25, 0.3) is 0 Å². The van der Waals surface area contributed by atoms with E-state index in [-0.39, 0.29) is 49.3 Å². The summed E-state index contributed by atoms with van der Waals surface area (Å²) in [5.74, 6) is -4.46. The number of nitrogens with zero attached hydrogens (tertiary/aromatic N) is 3. The van der Waals surface area contributed by atoms with Crippen molar-refractivity contribution in [2.24, 2.45) is 17.8 Å². The summed E-state index contributed by atoms with van der Waals surface area (Å²) < 4.78 is 59.0. The topological polar surface area (TPSA) is 253 Å². The third-order valence-corrected chi connectivity index (χ3v) is 17.6. The molecule has 6 heterocycles. The molecule has 5 aliphatic rings. The minimum absolute atomic E-state index is 0.0479. The minimum Gasteiger partial charge on any atom is -0.477 e. The average Bonchev–Trinajstić information content (AvgIpc) is 3.82. The van der Waals surface area contributed by atoms with Crippen molar-refractivity contribution in [2.45, 2.75) is 224 Å². The number of aromatic nitrogens is 1. The molecule has 0 amide bonds. The lowest BCUT2D eigenvalue weighted by Gasteiger charge is -2.49. The van der Waals surface area contributed by atoms with E-state index in [1.807, 2.05) is 77.1 Å². The zero-order chi connectivity index (χ0) is 58.1. The summed E-state index contributed by atoms with van der Waals surface area (Å²) in [5, 5.41) is 38.1. The van der Waals surface area contributed by atoms with Crippen LogP contribution in [0, 0.1) is 17.8 Å². The van der Waals surface area contributed by atoms with Gasteiger partial charge in [0.1, 0.15) is 23.4 Å². The van der Waals surface area contributed by atoms with E-state index in [9.17, 15) is 39.3 Å². The molecule has 21 heteroatoms. The van der Waals surface area contributed by atoms with E-state index in [0.717, 1.165) is 29.5 Å². The molecule has 0 aliphatic carbocycles. The first-order chi connectivity index (χ1) is 37.1. The fourth-order valence-corrected chi connectivity index (χ4v) is 13.3. The van der Waals surface area contributed by atoms with Gasteiger partial charge in [0, 0.05) is 62.7 Å². The number of pyridine rings is 1. The van der Waals surface area contributed by atoms with E-state index in [1.165, 1.54) is 13.3 Å². The molecule has 0 radical (unpaired) electrons. The number of cyclic esters (lactones) is 1. The Kier molecular flexibility index (Phi) is 20.1. The van der Waals surface area contributed by atoms with Crippen LogP contribution in [0.5, 0.6) is 0 Å². The molecule has 0 saturated carbocycles. The first kappa shape index (κ1) is 62.3. The van der Waals surface area contributed by atoms with E-state index in [2.05, 4.69) is 11.4 Å². The van der Waals surface area contributed by atoms with Crippen molar-refractivity contribution in [3.8, 4) is 0 Å². The maximum atomic E-state index is 14.8. The minimum atomic E-state index is -1.63. The molecule has 7 rings (SSSR count). The number of esters is 2. The highest BCUT2D eigenvalue weighted by molar-refractivity contribution is 5.94. The first-order valence-corrected chi connectivity index (χ1v) is 28.5. The van der Waals surface area contributed by atoms with Crippen LogP contribution in [-0.2, 0) is 71.6 Å². The zero-order valence-corrected chi connectivity index (χ0v) is 49.0. The first-order valence-electron chi connectivity index (χ1n) is 28.5. The van der Waals surface area contributed by atoms with Crippen LogP contribution in [0.1, 0.15) is 136 Å². The van der Waals surface area contributed by atoms with Gasteiger partial charge in [-0.2, -0.15) is 0 Å². The standard InChI is InChI=1S/C58H90N4O17/c1-15-42-58(10)50(78-55(69)79-58)35(6)61(13)29-31(2)27-56(8,70)49(77-54-47(65)41(60(11)12)24-32(3)72-54)33(4)48(34(5)53(68)74-42)76-44-28-57(9,71-14)51(36(7)73-44)75-43(63)20-22-59-21-16-18-37-25-38-19-17-23-62-30-40(52(66)67)46(64)39(26-37)45(38)62/h25-26,30-36,41-42,44,47-51,54,59,65,70H,15-24,27-29H2,1-14H3,(H,66,67)/t31-,32-,33+,34-,35-,36+,41+,42-,44+,47-,48+,49-,50+,51+,54+,56-,57-,58-/m1/s1. The molecule has 21 nitrogen and oxygen atoms in total.